The molecule has 22 heavy (non-hydrogen) atoms. The molecular formula is C18H38NPSiTi+. The first kappa shape index (κ1) is 31.1. The van der Waals surface area contributed by atoms with Crippen molar-refractivity contribution in [2.75, 3.05) is 0 Å². The first-order valence-electron chi connectivity index (χ1n) is 7.04. The molecule has 4 heteroatoms. The first-order chi connectivity index (χ1) is 8.34. The van der Waals surface area contributed by atoms with E-state index in [4.69, 9.17) is 4.75 Å². The van der Waals surface area contributed by atoms with E-state index in [-0.39, 0.29) is 44.6 Å². The molecule has 0 aromatic rings. The smallest absolute Gasteiger partial charge is 0.638 e. The summed E-state index contributed by atoms with van der Waals surface area (Å²) >= 11 is 0. The predicted octanol–water partition coefficient (Wildman–Crippen LogP) is 7.11. The molecule has 5 radical (unpaired) electrons. The van der Waals surface area contributed by atoms with Gasteiger partial charge in [0.1, 0.15) is 0 Å². The van der Waals surface area contributed by atoms with Crippen molar-refractivity contribution in [2.45, 2.75) is 71.5 Å². The quantitative estimate of drug-likeness (QED) is 0.277. The zero-order valence-corrected chi connectivity index (χ0v) is 20.2. The minimum Gasteiger partial charge on any atom is -0.638 e. The van der Waals surface area contributed by atoms with E-state index < -0.39 is 8.24 Å². The number of hydrogen-bond acceptors (Lipinski definition) is 0. The van der Waals surface area contributed by atoms with Gasteiger partial charge in [0, 0.05) is 0 Å². The van der Waals surface area contributed by atoms with Crippen LogP contribution in [0, 0.1) is 47.0 Å². The standard InChI is InChI=1S/C11H27NPSi.C5H5.2CH3.Ti/c1-10(2,3)13(11(4,5)6)12-14(7,8)9;1-2-4-5-3-1;;;/h1-9H3;1-5H;2*1H3;/q-1;;2*-1;+4. The van der Waals surface area contributed by atoms with E-state index in [1.807, 2.05) is 32.1 Å². The van der Waals surface area contributed by atoms with Crippen molar-refractivity contribution in [2.24, 2.45) is 0 Å². The largest absolute Gasteiger partial charge is 4.00 e. The van der Waals surface area contributed by atoms with Crippen molar-refractivity contribution < 1.29 is 21.7 Å². The van der Waals surface area contributed by atoms with Crippen molar-refractivity contribution in [1.82, 2.24) is 0 Å². The van der Waals surface area contributed by atoms with Gasteiger partial charge in [0.25, 0.3) is 0 Å². The molecule has 0 spiro atoms. The Labute approximate surface area is 161 Å². The molecule has 1 nitrogen and oxygen atoms in total. The van der Waals surface area contributed by atoms with Gasteiger partial charge in [-0.25, -0.2) is 8.07 Å². The molecular weight excluding hydrogens is 337 g/mol. The summed E-state index contributed by atoms with van der Waals surface area (Å²) in [5.41, 5.74) is 0. The van der Waals surface area contributed by atoms with Gasteiger partial charge in [-0.2, -0.15) is 0 Å². The molecule has 1 saturated carbocycles. The van der Waals surface area contributed by atoms with Crippen molar-refractivity contribution in [1.29, 1.82) is 0 Å². The molecule has 0 atom stereocenters. The van der Waals surface area contributed by atoms with Gasteiger partial charge >= 0.3 is 21.7 Å². The van der Waals surface area contributed by atoms with E-state index in [1.165, 1.54) is 0 Å². The van der Waals surface area contributed by atoms with Crippen LogP contribution in [0.2, 0.25) is 19.6 Å². The molecule has 1 aliphatic carbocycles. The summed E-state index contributed by atoms with van der Waals surface area (Å²) in [5.74, 6) is 0. The van der Waals surface area contributed by atoms with E-state index in [9.17, 15) is 0 Å². The second kappa shape index (κ2) is 12.7. The molecule has 0 N–H and O–H groups in total. The van der Waals surface area contributed by atoms with E-state index >= 15 is 0 Å². The molecule has 0 aromatic carbocycles. The third-order valence-electron chi connectivity index (χ3n) is 2.23. The Morgan fingerprint density at radius 2 is 0.909 bits per heavy atom. The first-order valence-corrected chi connectivity index (χ1v) is 11.8. The third-order valence-corrected chi connectivity index (χ3v) is 7.97. The number of rotatable bonds is 2. The van der Waals surface area contributed by atoms with E-state index in [0.29, 0.717) is 10.3 Å². The summed E-state index contributed by atoms with van der Waals surface area (Å²) in [6.45, 7) is 21.0. The van der Waals surface area contributed by atoms with Crippen LogP contribution < -0.4 is 0 Å². The van der Waals surface area contributed by atoms with Crippen molar-refractivity contribution in [3.63, 3.8) is 0 Å². The summed E-state index contributed by atoms with van der Waals surface area (Å²) < 4.78 is 5.16. The van der Waals surface area contributed by atoms with Crippen molar-refractivity contribution in [3.8, 4) is 0 Å². The normalized spacial score (nSPS) is 15.0. The topological polar surface area (TPSA) is 14.1 Å². The Morgan fingerprint density at radius 3 is 1.00 bits per heavy atom. The van der Waals surface area contributed by atoms with Gasteiger partial charge in [0.15, 0.2) is 0 Å². The zero-order chi connectivity index (χ0) is 15.3. The number of nitrogens with zero attached hydrogens (tertiary/aromatic N) is 1. The van der Waals surface area contributed by atoms with Crippen LogP contribution in [0.3, 0.4) is 0 Å². The summed E-state index contributed by atoms with van der Waals surface area (Å²) in [6, 6.07) is 0. The summed E-state index contributed by atoms with van der Waals surface area (Å²) in [4.78, 5) is 0. The van der Waals surface area contributed by atoms with Gasteiger partial charge in [0.05, 0.1) is 0 Å². The molecule has 0 unspecified atom stereocenters. The molecule has 0 amide bonds. The molecule has 0 saturated heterocycles. The van der Waals surface area contributed by atoms with Gasteiger partial charge in [-0.3, -0.25) is 0 Å². The number of hydrogen-bond donors (Lipinski definition) is 0. The SMILES string of the molecule is CC(C)(C)P([N-][Si](C)(C)C)C(C)(C)C.[CH3-].[CH3-].[CH]1[CH][CH][CH][CH]1.[Ti+4]. The Kier molecular flexibility index (Phi) is 17.9. The van der Waals surface area contributed by atoms with Crippen LogP contribution in [0.5, 0.6) is 0 Å². The second-order valence-corrected chi connectivity index (χ2v) is 16.3. The fourth-order valence-corrected chi connectivity index (χ4v) is 8.74. The summed E-state index contributed by atoms with van der Waals surface area (Å²) in [7, 11) is -1.53. The van der Waals surface area contributed by atoms with Crippen LogP contribution in [0.1, 0.15) is 41.5 Å². The monoisotopic (exact) mass is 375 g/mol. The fourth-order valence-electron chi connectivity index (χ4n) is 1.93. The Bertz CT molecular complexity index is 226. The van der Waals surface area contributed by atoms with E-state index in [1.54, 1.807) is 0 Å². The minimum absolute atomic E-state index is 0. The minimum atomic E-state index is -1.29. The Balaban J connectivity index is -0.000000173. The molecule has 1 rings (SSSR count). The zero-order valence-electron chi connectivity index (χ0n) is 16.8. The van der Waals surface area contributed by atoms with Crippen LogP contribution in [0.15, 0.2) is 0 Å². The van der Waals surface area contributed by atoms with Crippen LogP contribution >= 0.6 is 8.07 Å². The second-order valence-electron chi connectivity index (χ2n) is 7.89. The molecule has 0 aromatic heterocycles. The predicted molar refractivity (Wildman–Crippen MR) is 107 cm³/mol. The van der Waals surface area contributed by atoms with Crippen molar-refractivity contribution in [3.05, 3.63) is 51.7 Å². The maximum absolute atomic E-state index is 5.16. The van der Waals surface area contributed by atoms with Gasteiger partial charge < -0.3 is 19.6 Å². The van der Waals surface area contributed by atoms with Gasteiger partial charge in [-0.05, 0) is 42.4 Å². The van der Waals surface area contributed by atoms with E-state index in [0.717, 1.165) is 0 Å². The van der Waals surface area contributed by atoms with Crippen LogP contribution in [-0.2, 0) is 21.7 Å². The van der Waals surface area contributed by atoms with Crippen LogP contribution in [-0.4, -0.2) is 18.5 Å². The van der Waals surface area contributed by atoms with Crippen molar-refractivity contribution >= 4 is 16.3 Å². The van der Waals surface area contributed by atoms with Gasteiger partial charge in [-0.1, -0.05) is 69.4 Å². The van der Waals surface area contributed by atoms with Gasteiger partial charge in [0.2, 0.25) is 0 Å². The van der Waals surface area contributed by atoms with Crippen LogP contribution in [0.4, 0.5) is 0 Å². The summed E-state index contributed by atoms with van der Waals surface area (Å²) in [6.07, 6.45) is 10.0. The molecule has 0 aliphatic heterocycles. The molecule has 0 heterocycles. The average Bonchev–Trinajstić information content (AvgIpc) is 2.66. The summed E-state index contributed by atoms with van der Waals surface area (Å²) in [5, 5.41) is 0.682. The molecule has 127 valence electrons. The van der Waals surface area contributed by atoms with Gasteiger partial charge in [-0.15, -0.1) is 0 Å². The Hall–Kier alpha value is 1.32. The average molecular weight is 375 g/mol. The molecule has 0 bridgehead atoms. The maximum Gasteiger partial charge on any atom is 4.00 e. The van der Waals surface area contributed by atoms with Crippen LogP contribution in [0.25, 0.3) is 4.75 Å². The van der Waals surface area contributed by atoms with E-state index in [2.05, 4.69) is 61.2 Å². The fraction of sp³-hybridized carbons (Fsp3) is 0.611. The molecule has 1 aliphatic rings. The third kappa shape index (κ3) is 16.2. The molecule has 1 fully saturated rings. The maximum atomic E-state index is 5.16. The Morgan fingerprint density at radius 1 is 0.682 bits per heavy atom.